The van der Waals surface area contributed by atoms with Gasteiger partial charge in [-0.2, -0.15) is 0 Å². The van der Waals surface area contributed by atoms with Gasteiger partial charge in [0.25, 0.3) is 0 Å². The van der Waals surface area contributed by atoms with Gasteiger partial charge in [0.15, 0.2) is 0 Å². The van der Waals surface area contributed by atoms with E-state index in [1.54, 1.807) is 0 Å². The first-order valence-electron chi connectivity index (χ1n) is 5.58. The number of fused-ring (bicyclic) bond motifs is 1. The number of benzene rings is 1. The smallest absolute Gasteiger partial charge is 0.0483 e. The van der Waals surface area contributed by atoms with Gasteiger partial charge in [0, 0.05) is 30.2 Å². The van der Waals surface area contributed by atoms with Gasteiger partial charge in [0.2, 0.25) is 0 Å². The third kappa shape index (κ3) is 1.29. The molecule has 0 amide bonds. The Morgan fingerprint density at radius 1 is 1.40 bits per heavy atom. The Labute approximate surface area is 89.7 Å². The van der Waals surface area contributed by atoms with Crippen LogP contribution in [0, 0.1) is 0 Å². The van der Waals surface area contributed by atoms with Gasteiger partial charge in [-0.25, -0.2) is 0 Å². The fraction of sp³-hybridized carbons (Fsp3) is 0.385. The summed E-state index contributed by atoms with van der Waals surface area (Å²) in [7, 11) is 2.16. The minimum absolute atomic E-state index is 0.630. The largest absolute Gasteiger partial charge is 0.347 e. The second kappa shape index (κ2) is 3.11. The van der Waals surface area contributed by atoms with E-state index in [1.165, 1.54) is 35.0 Å². The molecule has 2 N–H and O–H groups in total. The number of nitrogens with zero attached hydrogens (tertiary/aromatic N) is 1. The Morgan fingerprint density at radius 3 is 2.87 bits per heavy atom. The summed E-state index contributed by atoms with van der Waals surface area (Å²) in [6.45, 7) is 0.630. The van der Waals surface area contributed by atoms with Crippen LogP contribution in [0.5, 0.6) is 0 Å². The van der Waals surface area contributed by atoms with Crippen LogP contribution >= 0.6 is 0 Å². The van der Waals surface area contributed by atoms with Gasteiger partial charge < -0.3 is 10.3 Å². The van der Waals surface area contributed by atoms with E-state index in [0.717, 1.165) is 5.92 Å². The van der Waals surface area contributed by atoms with Gasteiger partial charge in [-0.3, -0.25) is 0 Å². The predicted molar refractivity (Wildman–Crippen MR) is 62.8 cm³/mol. The maximum absolute atomic E-state index is 5.76. The van der Waals surface area contributed by atoms with E-state index in [0.29, 0.717) is 6.54 Å². The van der Waals surface area contributed by atoms with Crippen LogP contribution in [-0.2, 0) is 13.6 Å². The van der Waals surface area contributed by atoms with Gasteiger partial charge in [-0.15, -0.1) is 0 Å². The minimum Gasteiger partial charge on any atom is -0.347 e. The van der Waals surface area contributed by atoms with Crippen molar-refractivity contribution in [3.8, 4) is 0 Å². The van der Waals surface area contributed by atoms with Crippen molar-refractivity contribution in [1.29, 1.82) is 0 Å². The molecule has 1 saturated carbocycles. The first kappa shape index (κ1) is 8.98. The van der Waals surface area contributed by atoms with Crippen molar-refractivity contribution < 1.29 is 0 Å². The average molecular weight is 200 g/mol. The first-order valence-corrected chi connectivity index (χ1v) is 5.58. The van der Waals surface area contributed by atoms with E-state index in [4.69, 9.17) is 5.73 Å². The Morgan fingerprint density at radius 2 is 2.20 bits per heavy atom. The van der Waals surface area contributed by atoms with Crippen LogP contribution in [-0.4, -0.2) is 4.57 Å². The molecule has 0 spiro atoms. The lowest BCUT2D eigenvalue weighted by Crippen LogP contribution is -1.96. The molecular formula is C13H16N2. The number of hydrogen-bond acceptors (Lipinski definition) is 1. The van der Waals surface area contributed by atoms with Crippen molar-refractivity contribution in [2.75, 3.05) is 0 Å². The van der Waals surface area contributed by atoms with Crippen LogP contribution in [0.4, 0.5) is 0 Å². The highest BCUT2D eigenvalue weighted by Crippen LogP contribution is 2.42. The predicted octanol–water partition coefficient (Wildman–Crippen LogP) is 2.51. The number of rotatable bonds is 2. The molecule has 1 aliphatic carbocycles. The summed E-state index contributed by atoms with van der Waals surface area (Å²) in [4.78, 5) is 0. The molecule has 1 fully saturated rings. The maximum Gasteiger partial charge on any atom is 0.0483 e. The summed E-state index contributed by atoms with van der Waals surface area (Å²) in [6, 6.07) is 8.73. The lowest BCUT2D eigenvalue weighted by atomic mass is 10.1. The Hall–Kier alpha value is -1.28. The summed E-state index contributed by atoms with van der Waals surface area (Å²) in [6.07, 6.45) is 2.70. The molecule has 0 saturated heterocycles. The summed E-state index contributed by atoms with van der Waals surface area (Å²) >= 11 is 0. The molecule has 0 atom stereocenters. The summed E-state index contributed by atoms with van der Waals surface area (Å²) in [5.41, 5.74) is 9.81. The van der Waals surface area contributed by atoms with Gasteiger partial charge in [-0.05, 0) is 36.5 Å². The first-order chi connectivity index (χ1) is 7.31. The van der Waals surface area contributed by atoms with Crippen molar-refractivity contribution in [3.05, 3.63) is 35.5 Å². The van der Waals surface area contributed by atoms with E-state index < -0.39 is 0 Å². The summed E-state index contributed by atoms with van der Waals surface area (Å²) in [5.74, 6) is 0.799. The standard InChI is InChI=1S/C13H16N2/c1-15-12-4-2-3-10(8-14)11(12)7-13(15)9-5-6-9/h2-4,7,9H,5-6,8,14H2,1H3. The van der Waals surface area contributed by atoms with Crippen LogP contribution in [0.2, 0.25) is 0 Å². The van der Waals surface area contributed by atoms with Crippen LogP contribution in [0.3, 0.4) is 0 Å². The SMILES string of the molecule is Cn1c(C2CC2)cc2c(CN)cccc21. The Kier molecular flexibility index (Phi) is 1.86. The molecular weight excluding hydrogens is 184 g/mol. The molecule has 15 heavy (non-hydrogen) atoms. The quantitative estimate of drug-likeness (QED) is 0.793. The van der Waals surface area contributed by atoms with E-state index >= 15 is 0 Å². The van der Waals surface area contributed by atoms with Gasteiger partial charge in [-0.1, -0.05) is 12.1 Å². The highest BCUT2D eigenvalue weighted by molar-refractivity contribution is 5.85. The zero-order valence-electron chi connectivity index (χ0n) is 9.03. The van der Waals surface area contributed by atoms with Crippen molar-refractivity contribution in [1.82, 2.24) is 4.57 Å². The lowest BCUT2D eigenvalue weighted by Gasteiger charge is -2.02. The number of nitrogens with two attached hydrogens (primary N) is 1. The zero-order chi connectivity index (χ0) is 10.4. The third-order valence-electron chi connectivity index (χ3n) is 3.43. The van der Waals surface area contributed by atoms with Crippen molar-refractivity contribution >= 4 is 10.9 Å². The van der Waals surface area contributed by atoms with Crippen molar-refractivity contribution in [2.45, 2.75) is 25.3 Å². The normalized spacial score (nSPS) is 16.1. The lowest BCUT2D eigenvalue weighted by molar-refractivity contribution is 0.857. The van der Waals surface area contributed by atoms with Gasteiger partial charge in [0.05, 0.1) is 0 Å². The molecule has 0 aliphatic heterocycles. The molecule has 0 radical (unpaired) electrons. The zero-order valence-corrected chi connectivity index (χ0v) is 9.03. The fourth-order valence-corrected chi connectivity index (χ4v) is 2.39. The highest BCUT2D eigenvalue weighted by atomic mass is 15.0. The average Bonchev–Trinajstić information content (AvgIpc) is 3.04. The Balaban J connectivity index is 2.28. The highest BCUT2D eigenvalue weighted by Gasteiger charge is 2.27. The van der Waals surface area contributed by atoms with Gasteiger partial charge in [0.1, 0.15) is 0 Å². The van der Waals surface area contributed by atoms with Gasteiger partial charge >= 0.3 is 0 Å². The summed E-state index contributed by atoms with van der Waals surface area (Å²) in [5, 5.41) is 1.34. The van der Waals surface area contributed by atoms with Crippen LogP contribution < -0.4 is 5.73 Å². The van der Waals surface area contributed by atoms with Crippen LogP contribution in [0.25, 0.3) is 10.9 Å². The number of aryl methyl sites for hydroxylation is 1. The molecule has 0 unspecified atom stereocenters. The molecule has 1 aromatic heterocycles. The molecule has 1 aromatic carbocycles. The molecule has 2 heteroatoms. The second-order valence-corrected chi connectivity index (χ2v) is 4.46. The fourth-order valence-electron chi connectivity index (χ4n) is 2.39. The molecule has 1 aliphatic rings. The number of hydrogen-bond donors (Lipinski definition) is 1. The van der Waals surface area contributed by atoms with E-state index in [-0.39, 0.29) is 0 Å². The van der Waals surface area contributed by atoms with E-state index in [2.05, 4.69) is 35.9 Å². The molecule has 0 bridgehead atoms. The Bertz CT molecular complexity index is 506. The van der Waals surface area contributed by atoms with E-state index in [9.17, 15) is 0 Å². The minimum atomic E-state index is 0.630. The molecule has 2 nitrogen and oxygen atoms in total. The van der Waals surface area contributed by atoms with Crippen LogP contribution in [0.15, 0.2) is 24.3 Å². The molecule has 78 valence electrons. The topological polar surface area (TPSA) is 30.9 Å². The second-order valence-electron chi connectivity index (χ2n) is 4.46. The van der Waals surface area contributed by atoms with Crippen LogP contribution in [0.1, 0.15) is 30.0 Å². The maximum atomic E-state index is 5.76. The third-order valence-corrected chi connectivity index (χ3v) is 3.43. The molecule has 1 heterocycles. The monoisotopic (exact) mass is 200 g/mol. The molecule has 3 rings (SSSR count). The van der Waals surface area contributed by atoms with Crippen molar-refractivity contribution in [3.63, 3.8) is 0 Å². The summed E-state index contributed by atoms with van der Waals surface area (Å²) < 4.78 is 2.33. The van der Waals surface area contributed by atoms with Crippen molar-refractivity contribution in [2.24, 2.45) is 12.8 Å². The van der Waals surface area contributed by atoms with E-state index in [1.807, 2.05) is 0 Å². The molecule has 2 aromatic rings. The number of aromatic nitrogens is 1.